The van der Waals surface area contributed by atoms with Crippen molar-refractivity contribution in [3.63, 3.8) is 0 Å². The Kier molecular flexibility index (Phi) is 10.9. The number of anilines is 2. The fraction of sp³-hybridized carbons (Fsp3) is 0.481. The van der Waals surface area contributed by atoms with Gasteiger partial charge in [0.1, 0.15) is 16.4 Å². The Morgan fingerprint density at radius 3 is 2.17 bits per heavy atom. The van der Waals surface area contributed by atoms with Gasteiger partial charge in [0, 0.05) is 50.9 Å². The van der Waals surface area contributed by atoms with Gasteiger partial charge in [-0.2, -0.15) is 13.2 Å². The molecule has 0 bridgehead atoms. The lowest BCUT2D eigenvalue weighted by Crippen LogP contribution is -2.44. The number of ether oxygens (including phenoxy) is 2. The molecule has 3 N–H and O–H groups in total. The third kappa shape index (κ3) is 8.41. The molecule has 4 rings (SSSR count). The van der Waals surface area contributed by atoms with E-state index in [0.717, 1.165) is 44.7 Å². The number of piperazine rings is 1. The molecule has 232 valence electrons. The fourth-order valence-electron chi connectivity index (χ4n) is 4.52. The van der Waals surface area contributed by atoms with Gasteiger partial charge in [-0.1, -0.05) is 6.92 Å². The molecule has 15 heteroatoms. The highest BCUT2D eigenvalue weighted by Crippen LogP contribution is 2.34. The van der Waals surface area contributed by atoms with Gasteiger partial charge in [-0.3, -0.25) is 9.52 Å². The Bertz CT molecular complexity index is 1360. The summed E-state index contributed by atoms with van der Waals surface area (Å²) in [5.74, 6) is -1.63. The monoisotopic (exact) mass is 616 g/mol. The lowest BCUT2D eigenvalue weighted by molar-refractivity contribution is -0.192. The third-order valence-corrected chi connectivity index (χ3v) is 8.31. The van der Waals surface area contributed by atoms with Crippen LogP contribution in [0.2, 0.25) is 0 Å². The normalized spacial score (nSPS) is 16.2. The highest BCUT2D eigenvalue weighted by Gasteiger charge is 2.38. The van der Waals surface area contributed by atoms with Crippen LogP contribution < -0.4 is 24.4 Å². The summed E-state index contributed by atoms with van der Waals surface area (Å²) in [6.45, 7) is 6.67. The summed E-state index contributed by atoms with van der Waals surface area (Å²) in [4.78, 5) is 26.1. The number of piperidine rings is 1. The summed E-state index contributed by atoms with van der Waals surface area (Å²) in [7, 11) is -1.15. The van der Waals surface area contributed by atoms with Gasteiger partial charge in [-0.25, -0.2) is 13.2 Å². The molecular weight excluding hydrogens is 581 g/mol. The van der Waals surface area contributed by atoms with Gasteiger partial charge in [-0.05, 0) is 49.1 Å². The molecule has 2 fully saturated rings. The molecule has 11 nitrogen and oxygen atoms in total. The first-order chi connectivity index (χ1) is 19.8. The number of nitrogens with one attached hydrogen (secondary N) is 2. The van der Waals surface area contributed by atoms with Gasteiger partial charge in [-0.15, -0.1) is 0 Å². The van der Waals surface area contributed by atoms with Crippen molar-refractivity contribution < 1.29 is 45.8 Å². The van der Waals surface area contributed by atoms with Crippen LogP contribution in [0.4, 0.5) is 24.5 Å². The van der Waals surface area contributed by atoms with Crippen molar-refractivity contribution in [1.29, 1.82) is 0 Å². The van der Waals surface area contributed by atoms with Crippen molar-refractivity contribution in [2.45, 2.75) is 30.8 Å². The number of likely N-dealkylation sites (tertiary alicyclic amines) is 1. The van der Waals surface area contributed by atoms with Crippen molar-refractivity contribution in [3.8, 4) is 11.5 Å². The molecule has 2 aliphatic rings. The van der Waals surface area contributed by atoms with Gasteiger partial charge in [0.25, 0.3) is 15.9 Å². The maximum Gasteiger partial charge on any atom is 0.490 e. The molecule has 1 amide bonds. The van der Waals surface area contributed by atoms with E-state index >= 15 is 0 Å². The number of benzene rings is 2. The van der Waals surface area contributed by atoms with Crippen molar-refractivity contribution in [1.82, 2.24) is 10.2 Å². The Morgan fingerprint density at radius 2 is 1.62 bits per heavy atom. The Hall–Kier alpha value is -3.72. The van der Waals surface area contributed by atoms with Gasteiger partial charge in [0.2, 0.25) is 0 Å². The van der Waals surface area contributed by atoms with Crippen LogP contribution in [0.25, 0.3) is 0 Å². The first kappa shape index (κ1) is 32.8. The zero-order chi connectivity index (χ0) is 31.1. The minimum Gasteiger partial charge on any atom is -0.497 e. The molecule has 0 radical (unpaired) electrons. The van der Waals surface area contributed by atoms with E-state index in [2.05, 4.69) is 21.9 Å². The second-order valence-electron chi connectivity index (χ2n) is 9.87. The molecule has 0 spiro atoms. The smallest absolute Gasteiger partial charge is 0.490 e. The average Bonchev–Trinajstić information content (AvgIpc) is 2.97. The Morgan fingerprint density at radius 1 is 1.00 bits per heavy atom. The topological polar surface area (TPSA) is 138 Å². The molecule has 0 aromatic heterocycles. The van der Waals surface area contributed by atoms with Crippen LogP contribution in [0.1, 0.15) is 30.1 Å². The van der Waals surface area contributed by atoms with E-state index in [0.29, 0.717) is 36.0 Å². The first-order valence-corrected chi connectivity index (χ1v) is 14.7. The number of nitrogens with zero attached hydrogens (tertiary/aromatic N) is 2. The van der Waals surface area contributed by atoms with Crippen LogP contribution in [-0.4, -0.2) is 90.0 Å². The minimum absolute atomic E-state index is 0.0349. The highest BCUT2D eigenvalue weighted by molar-refractivity contribution is 7.92. The van der Waals surface area contributed by atoms with E-state index in [4.69, 9.17) is 19.4 Å². The predicted octanol–water partition coefficient (Wildman–Crippen LogP) is 3.42. The largest absolute Gasteiger partial charge is 0.497 e. The van der Waals surface area contributed by atoms with Crippen LogP contribution in [0.15, 0.2) is 41.3 Å². The number of carbonyl (C=O) groups excluding carboxylic acids is 1. The SMILES string of the molecule is COc1ccc(OC)c(S(=O)(=O)Nc2cc(C(=O)N3CCC(C)CC3)ccc2N2CCNCC2)c1.O=C(O)C(F)(F)F. The Balaban J connectivity index is 0.000000616. The van der Waals surface area contributed by atoms with Crippen LogP contribution >= 0.6 is 0 Å². The summed E-state index contributed by atoms with van der Waals surface area (Å²) >= 11 is 0. The Labute approximate surface area is 242 Å². The van der Waals surface area contributed by atoms with Crippen molar-refractivity contribution >= 4 is 33.3 Å². The number of amides is 1. The highest BCUT2D eigenvalue weighted by atomic mass is 32.2. The lowest BCUT2D eigenvalue weighted by atomic mass is 9.98. The first-order valence-electron chi connectivity index (χ1n) is 13.2. The van der Waals surface area contributed by atoms with Crippen LogP contribution in [-0.2, 0) is 14.8 Å². The second kappa shape index (κ2) is 14.0. The maximum absolute atomic E-state index is 13.5. The fourth-order valence-corrected chi connectivity index (χ4v) is 5.77. The zero-order valence-corrected chi connectivity index (χ0v) is 24.3. The molecule has 2 aromatic rings. The molecule has 0 atom stereocenters. The number of rotatable bonds is 7. The number of halogens is 3. The van der Waals surface area contributed by atoms with Crippen LogP contribution in [0.5, 0.6) is 11.5 Å². The van der Waals surface area contributed by atoms with Crippen LogP contribution in [0, 0.1) is 5.92 Å². The summed E-state index contributed by atoms with van der Waals surface area (Å²) in [6.07, 6.45) is -3.14. The maximum atomic E-state index is 13.5. The van der Waals surface area contributed by atoms with Gasteiger partial charge >= 0.3 is 12.1 Å². The number of methoxy groups -OCH3 is 2. The van der Waals surface area contributed by atoms with Crippen molar-refractivity contribution in [2.75, 3.05) is 63.1 Å². The quantitative estimate of drug-likeness (QED) is 0.427. The van der Waals surface area contributed by atoms with E-state index in [9.17, 15) is 26.4 Å². The number of carbonyl (C=O) groups is 2. The van der Waals surface area contributed by atoms with E-state index in [-0.39, 0.29) is 16.6 Å². The van der Waals surface area contributed by atoms with E-state index < -0.39 is 22.2 Å². The molecule has 42 heavy (non-hydrogen) atoms. The summed E-state index contributed by atoms with van der Waals surface area (Å²) in [5, 5.41) is 10.4. The van der Waals surface area contributed by atoms with E-state index in [1.807, 2.05) is 11.0 Å². The third-order valence-electron chi connectivity index (χ3n) is 6.92. The summed E-state index contributed by atoms with van der Waals surface area (Å²) in [6, 6.07) is 9.91. The van der Waals surface area contributed by atoms with E-state index in [1.165, 1.54) is 20.3 Å². The number of carboxylic acids is 1. The van der Waals surface area contributed by atoms with Gasteiger partial charge in [0.05, 0.1) is 25.6 Å². The number of sulfonamides is 1. The minimum atomic E-state index is -5.08. The van der Waals surface area contributed by atoms with Crippen molar-refractivity contribution in [3.05, 3.63) is 42.0 Å². The summed E-state index contributed by atoms with van der Waals surface area (Å²) < 4.78 is 72.1. The zero-order valence-electron chi connectivity index (χ0n) is 23.5. The molecule has 2 heterocycles. The average molecular weight is 617 g/mol. The molecule has 2 aliphatic heterocycles. The molecule has 0 aliphatic carbocycles. The molecule has 0 saturated carbocycles. The number of hydrogen-bond acceptors (Lipinski definition) is 8. The lowest BCUT2D eigenvalue weighted by Gasteiger charge is -2.32. The number of carboxylic acid groups (broad SMARTS) is 1. The molecule has 2 saturated heterocycles. The van der Waals surface area contributed by atoms with Crippen molar-refractivity contribution in [2.24, 2.45) is 5.92 Å². The second-order valence-corrected chi connectivity index (χ2v) is 11.5. The summed E-state index contributed by atoms with van der Waals surface area (Å²) in [5.41, 5.74) is 1.57. The van der Waals surface area contributed by atoms with Gasteiger partial charge in [0.15, 0.2) is 0 Å². The molecule has 2 aromatic carbocycles. The number of hydrogen-bond donors (Lipinski definition) is 3. The molecule has 0 unspecified atom stereocenters. The van der Waals surface area contributed by atoms with Crippen LogP contribution in [0.3, 0.4) is 0 Å². The predicted molar refractivity (Wildman–Crippen MR) is 150 cm³/mol. The molecular formula is C27H35F3N4O7S. The number of alkyl halides is 3. The number of aliphatic carboxylic acids is 1. The standard InChI is InChI=1S/C25H34N4O5S.C2HF3O2/c1-18-8-12-29(13-9-18)25(30)19-4-6-22(28-14-10-26-11-15-28)21(16-19)27-35(31,32)24-17-20(33-2)5-7-23(24)34-3;3-2(4,5)1(6)7/h4-7,16-18,26-27H,8-15H2,1-3H3;(H,6,7). The van der Waals surface area contributed by atoms with Gasteiger partial charge < -0.3 is 29.7 Å². The van der Waals surface area contributed by atoms with E-state index in [1.54, 1.807) is 24.3 Å².